The number of nitriles is 1. The maximum absolute atomic E-state index is 11.8. The zero-order valence-corrected chi connectivity index (χ0v) is 14.5. The van der Waals surface area contributed by atoms with Crippen LogP contribution in [0.2, 0.25) is 5.02 Å². The predicted octanol–water partition coefficient (Wildman–Crippen LogP) is 3.86. The molecule has 0 aliphatic heterocycles. The quantitative estimate of drug-likeness (QED) is 0.706. The second-order valence-corrected chi connectivity index (χ2v) is 5.94. The summed E-state index contributed by atoms with van der Waals surface area (Å²) in [5.41, 5.74) is 1.39. The Balaban J connectivity index is 1.91. The van der Waals surface area contributed by atoms with E-state index in [1.807, 2.05) is 6.07 Å². The van der Waals surface area contributed by atoms with Gasteiger partial charge in [-0.1, -0.05) is 11.6 Å². The summed E-state index contributed by atoms with van der Waals surface area (Å²) >= 11 is 6.10. The Kier molecular flexibility index (Phi) is 4.92. The first-order valence-corrected chi connectivity index (χ1v) is 8.01. The molecule has 26 heavy (non-hydrogen) atoms. The molecule has 1 N–H and O–H groups in total. The number of hydrogen-bond donors (Lipinski definition) is 1. The van der Waals surface area contributed by atoms with Crippen LogP contribution in [0.4, 0.5) is 5.69 Å². The van der Waals surface area contributed by atoms with Crippen LogP contribution in [0.5, 0.6) is 5.75 Å². The molecular weight excluding hydrogens is 356 g/mol. The molecule has 0 saturated heterocycles. The number of benzene rings is 2. The van der Waals surface area contributed by atoms with Crippen LogP contribution in [0.3, 0.4) is 0 Å². The van der Waals surface area contributed by atoms with Gasteiger partial charge in [0, 0.05) is 35.7 Å². The fourth-order valence-electron chi connectivity index (χ4n) is 2.47. The summed E-state index contributed by atoms with van der Waals surface area (Å²) in [6.45, 7) is 1.49. The van der Waals surface area contributed by atoms with E-state index >= 15 is 0 Å². The topological polar surface area (TPSA) is 92.3 Å². The zero-order chi connectivity index (χ0) is 18.7. The van der Waals surface area contributed by atoms with Crippen LogP contribution in [0.15, 0.2) is 51.7 Å². The standard InChI is InChI=1S/C19H13ClN2O4/c1-11(23)22-14-3-4-15-13(7-19(24)26-18(15)8-14)10-25-17-5-2-12(9-21)6-16(17)20/h2-8H,10H2,1H3,(H,22,23). The Morgan fingerprint density at radius 1 is 1.27 bits per heavy atom. The molecular formula is C19H13ClN2O4. The number of nitrogens with zero attached hydrogens (tertiary/aromatic N) is 1. The molecule has 0 aliphatic carbocycles. The molecule has 0 bridgehead atoms. The fourth-order valence-corrected chi connectivity index (χ4v) is 2.71. The molecule has 0 radical (unpaired) electrons. The van der Waals surface area contributed by atoms with Gasteiger partial charge in [0.1, 0.15) is 17.9 Å². The van der Waals surface area contributed by atoms with Gasteiger partial charge in [-0.25, -0.2) is 4.79 Å². The summed E-state index contributed by atoms with van der Waals surface area (Å²) < 4.78 is 10.9. The van der Waals surface area contributed by atoms with E-state index in [9.17, 15) is 9.59 Å². The van der Waals surface area contributed by atoms with E-state index in [1.54, 1.807) is 30.3 Å². The molecule has 0 aliphatic rings. The number of carbonyl (C=O) groups excluding carboxylic acids is 1. The molecule has 7 heteroatoms. The number of hydrogen-bond acceptors (Lipinski definition) is 5. The minimum Gasteiger partial charge on any atom is -0.487 e. The molecule has 3 aromatic rings. The van der Waals surface area contributed by atoms with Crippen molar-refractivity contribution in [2.75, 3.05) is 5.32 Å². The summed E-state index contributed by atoms with van der Waals surface area (Å²) in [6, 6.07) is 13.1. The largest absolute Gasteiger partial charge is 0.487 e. The molecule has 0 fully saturated rings. The maximum Gasteiger partial charge on any atom is 0.336 e. The maximum atomic E-state index is 11.8. The molecule has 0 atom stereocenters. The van der Waals surface area contributed by atoms with E-state index in [0.29, 0.717) is 38.6 Å². The molecule has 0 spiro atoms. The summed E-state index contributed by atoms with van der Waals surface area (Å²) in [5.74, 6) is 0.184. The molecule has 2 aromatic carbocycles. The Bertz CT molecular complexity index is 1100. The normalized spacial score (nSPS) is 10.3. The Hall–Kier alpha value is -3.30. The summed E-state index contributed by atoms with van der Waals surface area (Å²) in [7, 11) is 0. The molecule has 0 unspecified atom stereocenters. The van der Waals surface area contributed by atoms with Gasteiger partial charge in [-0.3, -0.25) is 4.79 Å². The molecule has 1 amide bonds. The van der Waals surface area contributed by atoms with Gasteiger partial charge in [0.15, 0.2) is 0 Å². The SMILES string of the molecule is CC(=O)Nc1ccc2c(COc3ccc(C#N)cc3Cl)cc(=O)oc2c1. The van der Waals surface area contributed by atoms with Gasteiger partial charge < -0.3 is 14.5 Å². The van der Waals surface area contributed by atoms with Crippen molar-refractivity contribution in [3.8, 4) is 11.8 Å². The third-order valence-electron chi connectivity index (χ3n) is 3.59. The molecule has 3 rings (SSSR count). The minimum absolute atomic E-state index is 0.0905. The van der Waals surface area contributed by atoms with Crippen molar-refractivity contribution >= 4 is 34.2 Å². The lowest BCUT2D eigenvalue weighted by atomic mass is 10.1. The van der Waals surface area contributed by atoms with Gasteiger partial charge in [-0.2, -0.15) is 5.26 Å². The lowest BCUT2D eigenvalue weighted by molar-refractivity contribution is -0.114. The fraction of sp³-hybridized carbons (Fsp3) is 0.105. The van der Waals surface area contributed by atoms with E-state index in [1.165, 1.54) is 19.1 Å². The number of halogens is 1. The van der Waals surface area contributed by atoms with Crippen LogP contribution in [-0.4, -0.2) is 5.91 Å². The van der Waals surface area contributed by atoms with Gasteiger partial charge in [0.25, 0.3) is 0 Å². The summed E-state index contributed by atoms with van der Waals surface area (Å²) in [6.07, 6.45) is 0. The average Bonchev–Trinajstić information content (AvgIpc) is 2.59. The van der Waals surface area contributed by atoms with Crippen LogP contribution in [0, 0.1) is 11.3 Å². The highest BCUT2D eigenvalue weighted by atomic mass is 35.5. The number of ether oxygens (including phenoxy) is 1. The average molecular weight is 369 g/mol. The number of nitrogens with one attached hydrogen (secondary N) is 1. The molecule has 1 aromatic heterocycles. The van der Waals surface area contributed by atoms with Crippen molar-refractivity contribution in [3.05, 3.63) is 69.0 Å². The van der Waals surface area contributed by atoms with Crippen LogP contribution in [0.25, 0.3) is 11.0 Å². The molecule has 130 valence electrons. The Labute approximate surface area is 153 Å². The Morgan fingerprint density at radius 2 is 2.08 bits per heavy atom. The van der Waals surface area contributed by atoms with Crippen molar-refractivity contribution in [1.29, 1.82) is 5.26 Å². The molecule has 1 heterocycles. The third-order valence-corrected chi connectivity index (χ3v) is 3.89. The van der Waals surface area contributed by atoms with E-state index < -0.39 is 5.63 Å². The summed E-state index contributed by atoms with van der Waals surface area (Å²) in [5, 5.41) is 12.5. The number of amides is 1. The van der Waals surface area contributed by atoms with Gasteiger partial charge in [0.2, 0.25) is 5.91 Å². The monoisotopic (exact) mass is 368 g/mol. The first-order chi connectivity index (χ1) is 12.5. The zero-order valence-electron chi connectivity index (χ0n) is 13.7. The highest BCUT2D eigenvalue weighted by Crippen LogP contribution is 2.27. The first kappa shape index (κ1) is 17.5. The van der Waals surface area contributed by atoms with E-state index in [4.69, 9.17) is 26.0 Å². The van der Waals surface area contributed by atoms with Gasteiger partial charge in [0.05, 0.1) is 16.7 Å². The predicted molar refractivity (Wildman–Crippen MR) is 97.3 cm³/mol. The second kappa shape index (κ2) is 7.30. The Morgan fingerprint density at radius 3 is 2.77 bits per heavy atom. The second-order valence-electron chi connectivity index (χ2n) is 5.53. The first-order valence-electron chi connectivity index (χ1n) is 7.63. The number of carbonyl (C=O) groups is 1. The van der Waals surface area contributed by atoms with E-state index in [2.05, 4.69) is 5.32 Å². The molecule has 6 nitrogen and oxygen atoms in total. The van der Waals surface area contributed by atoms with E-state index in [-0.39, 0.29) is 12.5 Å². The van der Waals surface area contributed by atoms with Crippen molar-refractivity contribution in [1.82, 2.24) is 0 Å². The minimum atomic E-state index is -0.526. The summed E-state index contributed by atoms with van der Waals surface area (Å²) in [4.78, 5) is 23.0. The van der Waals surface area contributed by atoms with Crippen molar-refractivity contribution < 1.29 is 13.9 Å². The highest BCUT2D eigenvalue weighted by molar-refractivity contribution is 6.32. The van der Waals surface area contributed by atoms with Gasteiger partial charge in [-0.05, 0) is 30.3 Å². The third kappa shape index (κ3) is 3.85. The van der Waals surface area contributed by atoms with Crippen LogP contribution < -0.4 is 15.7 Å². The van der Waals surface area contributed by atoms with Gasteiger partial charge in [-0.15, -0.1) is 0 Å². The van der Waals surface area contributed by atoms with Crippen molar-refractivity contribution in [3.63, 3.8) is 0 Å². The van der Waals surface area contributed by atoms with Crippen molar-refractivity contribution in [2.24, 2.45) is 0 Å². The lowest BCUT2D eigenvalue weighted by Crippen LogP contribution is -2.07. The van der Waals surface area contributed by atoms with Crippen LogP contribution >= 0.6 is 11.6 Å². The highest BCUT2D eigenvalue weighted by Gasteiger charge is 2.10. The number of rotatable bonds is 4. The van der Waals surface area contributed by atoms with Crippen molar-refractivity contribution in [2.45, 2.75) is 13.5 Å². The number of anilines is 1. The lowest BCUT2D eigenvalue weighted by Gasteiger charge is -2.10. The smallest absolute Gasteiger partial charge is 0.336 e. The van der Waals surface area contributed by atoms with Crippen LogP contribution in [0.1, 0.15) is 18.1 Å². The number of fused-ring (bicyclic) bond motifs is 1. The van der Waals surface area contributed by atoms with E-state index in [0.717, 1.165) is 0 Å². The molecule has 0 saturated carbocycles. The van der Waals surface area contributed by atoms with Crippen LogP contribution in [-0.2, 0) is 11.4 Å². The van der Waals surface area contributed by atoms with Gasteiger partial charge >= 0.3 is 5.63 Å².